The number of hydrogen-bond acceptors (Lipinski definition) is 7. The Balaban J connectivity index is 1.54. The Hall–Kier alpha value is -2.35. The van der Waals surface area contributed by atoms with Crippen LogP contribution in [0.5, 0.6) is 5.75 Å². The number of anilines is 1. The molecule has 152 valence electrons. The fourth-order valence-electron chi connectivity index (χ4n) is 4.36. The summed E-state index contributed by atoms with van der Waals surface area (Å²) < 4.78 is 25.9. The first kappa shape index (κ1) is 19.0. The molecule has 28 heavy (non-hydrogen) atoms. The number of guanidine groups is 2. The van der Waals surface area contributed by atoms with Crippen molar-refractivity contribution in [2.24, 2.45) is 27.4 Å². The van der Waals surface area contributed by atoms with E-state index in [0.717, 1.165) is 58.2 Å². The van der Waals surface area contributed by atoms with Gasteiger partial charge in [-0.2, -0.15) is 4.99 Å². The quantitative estimate of drug-likeness (QED) is 0.825. The zero-order chi connectivity index (χ0) is 19.6. The van der Waals surface area contributed by atoms with Crippen molar-refractivity contribution in [3.05, 3.63) is 24.0 Å². The van der Waals surface area contributed by atoms with Crippen LogP contribution in [-0.4, -0.2) is 37.4 Å². The number of benzene rings is 1. The molecule has 0 aromatic heterocycles. The lowest BCUT2D eigenvalue weighted by Gasteiger charge is -2.45. The highest BCUT2D eigenvalue weighted by atomic mass is 19.1. The molecule has 1 aromatic carbocycles. The zero-order valence-electron chi connectivity index (χ0n) is 16.1. The van der Waals surface area contributed by atoms with E-state index in [1.807, 2.05) is 11.0 Å². The first-order chi connectivity index (χ1) is 13.6. The molecule has 0 amide bonds. The van der Waals surface area contributed by atoms with Crippen molar-refractivity contribution in [2.75, 3.05) is 24.7 Å². The summed E-state index contributed by atoms with van der Waals surface area (Å²) in [5.41, 5.74) is 12.1. The standard InChI is InChI=1S/C20H28FN5O2/c21-16-12-15(4-5-17(16)28-13-14-6-10-27-11-7-14)26-19(23)24-18(22)25-20(26)8-2-1-3-9-20/h4-5,12,14H,1-3,6-11,13H2,(H4,22,23,24,25). The van der Waals surface area contributed by atoms with E-state index in [1.54, 1.807) is 6.07 Å². The molecule has 0 unspecified atom stereocenters. The highest BCUT2D eigenvalue weighted by Crippen LogP contribution is 2.40. The maximum Gasteiger partial charge on any atom is 0.220 e. The van der Waals surface area contributed by atoms with Gasteiger partial charge in [-0.05, 0) is 56.6 Å². The largest absolute Gasteiger partial charge is 0.490 e. The van der Waals surface area contributed by atoms with Gasteiger partial charge in [-0.3, -0.25) is 4.90 Å². The second kappa shape index (κ2) is 7.95. The third-order valence-electron chi connectivity index (χ3n) is 5.84. The summed E-state index contributed by atoms with van der Waals surface area (Å²) in [6, 6.07) is 4.93. The number of nitrogens with two attached hydrogens (primary N) is 2. The third kappa shape index (κ3) is 3.78. The van der Waals surface area contributed by atoms with Gasteiger partial charge >= 0.3 is 0 Å². The average molecular weight is 389 g/mol. The molecule has 1 aromatic rings. The lowest BCUT2D eigenvalue weighted by atomic mass is 9.87. The summed E-state index contributed by atoms with van der Waals surface area (Å²) in [6.45, 7) is 1.99. The highest BCUT2D eigenvalue weighted by molar-refractivity contribution is 6.05. The summed E-state index contributed by atoms with van der Waals surface area (Å²) in [4.78, 5) is 10.6. The molecule has 2 fully saturated rings. The molecule has 0 radical (unpaired) electrons. The fourth-order valence-corrected chi connectivity index (χ4v) is 4.36. The molecule has 0 bridgehead atoms. The van der Waals surface area contributed by atoms with Crippen molar-refractivity contribution in [1.82, 2.24) is 0 Å². The van der Waals surface area contributed by atoms with Gasteiger partial charge in [0.2, 0.25) is 11.9 Å². The Morgan fingerprint density at radius 1 is 1.18 bits per heavy atom. The summed E-state index contributed by atoms with van der Waals surface area (Å²) in [5, 5.41) is 0. The number of hydrogen-bond donors (Lipinski definition) is 2. The lowest BCUT2D eigenvalue weighted by molar-refractivity contribution is 0.0491. The normalized spacial score (nSPS) is 22.7. The van der Waals surface area contributed by atoms with Gasteiger partial charge in [0.1, 0.15) is 5.66 Å². The van der Waals surface area contributed by atoms with Crippen LogP contribution < -0.4 is 21.1 Å². The molecule has 4 rings (SSSR count). The van der Waals surface area contributed by atoms with E-state index in [-0.39, 0.29) is 17.7 Å². The zero-order valence-corrected chi connectivity index (χ0v) is 16.1. The maximum atomic E-state index is 14.8. The molecule has 1 spiro atoms. The van der Waals surface area contributed by atoms with Gasteiger partial charge in [0, 0.05) is 25.0 Å². The number of rotatable bonds is 4. The summed E-state index contributed by atoms with van der Waals surface area (Å²) in [5.74, 6) is 0.687. The van der Waals surface area contributed by atoms with Gasteiger partial charge in [-0.15, -0.1) is 0 Å². The lowest BCUT2D eigenvalue weighted by Crippen LogP contribution is -2.58. The van der Waals surface area contributed by atoms with Gasteiger partial charge in [0.15, 0.2) is 11.6 Å². The molecule has 1 aliphatic carbocycles. The van der Waals surface area contributed by atoms with Crippen molar-refractivity contribution in [1.29, 1.82) is 0 Å². The van der Waals surface area contributed by atoms with E-state index in [2.05, 4.69) is 9.98 Å². The highest BCUT2D eigenvalue weighted by Gasteiger charge is 2.42. The molecular formula is C20H28FN5O2. The van der Waals surface area contributed by atoms with Crippen LogP contribution >= 0.6 is 0 Å². The molecular weight excluding hydrogens is 361 g/mol. The smallest absolute Gasteiger partial charge is 0.220 e. The molecule has 1 saturated carbocycles. The summed E-state index contributed by atoms with van der Waals surface area (Å²) in [6.07, 6.45) is 6.71. The van der Waals surface area contributed by atoms with Crippen LogP contribution in [0.2, 0.25) is 0 Å². The minimum atomic E-state index is -0.578. The number of aliphatic imine (C=N–C) groups is 2. The van der Waals surface area contributed by atoms with Crippen LogP contribution in [0.3, 0.4) is 0 Å². The van der Waals surface area contributed by atoms with Crippen molar-refractivity contribution in [3.63, 3.8) is 0 Å². The molecule has 8 heteroatoms. The number of halogens is 1. The topological polar surface area (TPSA) is 98.5 Å². The Morgan fingerprint density at radius 2 is 1.93 bits per heavy atom. The Labute approximate surface area is 164 Å². The van der Waals surface area contributed by atoms with Crippen molar-refractivity contribution < 1.29 is 13.9 Å². The second-order valence-electron chi connectivity index (χ2n) is 7.80. The van der Waals surface area contributed by atoms with Crippen molar-refractivity contribution >= 4 is 17.6 Å². The van der Waals surface area contributed by atoms with Gasteiger partial charge in [0.05, 0.1) is 6.61 Å². The van der Waals surface area contributed by atoms with Crippen LogP contribution in [-0.2, 0) is 4.74 Å². The van der Waals surface area contributed by atoms with Gasteiger partial charge in [-0.25, -0.2) is 9.38 Å². The van der Waals surface area contributed by atoms with Crippen LogP contribution in [0.15, 0.2) is 28.2 Å². The van der Waals surface area contributed by atoms with Crippen molar-refractivity contribution in [3.8, 4) is 5.75 Å². The predicted molar refractivity (Wildman–Crippen MR) is 107 cm³/mol. The summed E-state index contributed by atoms with van der Waals surface area (Å²) in [7, 11) is 0. The van der Waals surface area contributed by atoms with E-state index < -0.39 is 11.5 Å². The first-order valence-corrected chi connectivity index (χ1v) is 10.1. The molecule has 3 aliphatic rings. The van der Waals surface area contributed by atoms with Crippen molar-refractivity contribution in [2.45, 2.75) is 50.6 Å². The molecule has 4 N–H and O–H groups in total. The van der Waals surface area contributed by atoms with E-state index >= 15 is 0 Å². The Bertz CT molecular complexity index is 770. The third-order valence-corrected chi connectivity index (χ3v) is 5.84. The SMILES string of the molecule is NC1=NC2(CCCCC2)N(c2ccc(OCC3CCOCC3)c(F)c2)C(N)=N1. The molecule has 7 nitrogen and oxygen atoms in total. The fraction of sp³-hybridized carbons (Fsp3) is 0.600. The predicted octanol–water partition coefficient (Wildman–Crippen LogP) is 2.74. The number of ether oxygens (including phenoxy) is 2. The molecule has 2 heterocycles. The van der Waals surface area contributed by atoms with E-state index in [1.165, 1.54) is 6.07 Å². The van der Waals surface area contributed by atoms with Gasteiger partial charge in [-0.1, -0.05) is 6.42 Å². The van der Waals surface area contributed by atoms with Crippen LogP contribution in [0.4, 0.5) is 10.1 Å². The van der Waals surface area contributed by atoms with Crippen LogP contribution in [0, 0.1) is 11.7 Å². The van der Waals surface area contributed by atoms with Gasteiger partial charge < -0.3 is 20.9 Å². The van der Waals surface area contributed by atoms with E-state index in [0.29, 0.717) is 18.2 Å². The number of nitrogens with zero attached hydrogens (tertiary/aromatic N) is 3. The first-order valence-electron chi connectivity index (χ1n) is 10.1. The molecule has 1 saturated heterocycles. The maximum absolute atomic E-state index is 14.8. The Kier molecular flexibility index (Phi) is 5.39. The Morgan fingerprint density at radius 3 is 2.64 bits per heavy atom. The van der Waals surface area contributed by atoms with Crippen LogP contribution in [0.1, 0.15) is 44.9 Å². The minimum absolute atomic E-state index is 0.188. The monoisotopic (exact) mass is 389 g/mol. The summed E-state index contributed by atoms with van der Waals surface area (Å²) >= 11 is 0. The van der Waals surface area contributed by atoms with Crippen LogP contribution in [0.25, 0.3) is 0 Å². The molecule has 0 atom stereocenters. The average Bonchev–Trinajstić information content (AvgIpc) is 2.68. The van der Waals surface area contributed by atoms with E-state index in [4.69, 9.17) is 20.9 Å². The van der Waals surface area contributed by atoms with E-state index in [9.17, 15) is 4.39 Å². The minimum Gasteiger partial charge on any atom is -0.490 e. The van der Waals surface area contributed by atoms with Gasteiger partial charge in [0.25, 0.3) is 0 Å². The molecule has 2 aliphatic heterocycles. The second-order valence-corrected chi connectivity index (χ2v) is 7.80.